The Labute approximate surface area is 138 Å². The highest BCUT2D eigenvalue weighted by Crippen LogP contribution is 2.26. The first-order valence-corrected chi connectivity index (χ1v) is 10.6. The lowest BCUT2D eigenvalue weighted by Crippen LogP contribution is -2.54. The normalized spacial score (nSPS) is 30.9. The smallest absolute Gasteiger partial charge is 0.237 e. The fourth-order valence-electron chi connectivity index (χ4n) is 4.28. The molecular weight excluding hydrogens is 316 g/mol. The van der Waals surface area contributed by atoms with Crippen molar-refractivity contribution in [1.29, 1.82) is 0 Å². The van der Waals surface area contributed by atoms with Crippen LogP contribution >= 0.6 is 0 Å². The number of rotatable bonds is 4. The summed E-state index contributed by atoms with van der Waals surface area (Å²) in [4.78, 5) is 16.3. The van der Waals surface area contributed by atoms with Crippen molar-refractivity contribution < 1.29 is 18.3 Å². The lowest BCUT2D eigenvalue weighted by molar-refractivity contribution is -0.130. The summed E-state index contributed by atoms with van der Waals surface area (Å²) in [5, 5.41) is 9.68. The van der Waals surface area contributed by atoms with Crippen LogP contribution in [0.15, 0.2) is 0 Å². The van der Waals surface area contributed by atoms with Crippen LogP contribution in [0.3, 0.4) is 0 Å². The lowest BCUT2D eigenvalue weighted by Gasteiger charge is -2.39. The van der Waals surface area contributed by atoms with Crippen molar-refractivity contribution in [3.63, 3.8) is 0 Å². The van der Waals surface area contributed by atoms with Crippen molar-refractivity contribution in [2.24, 2.45) is 0 Å². The summed E-state index contributed by atoms with van der Waals surface area (Å²) in [7, 11) is -3.29. The number of nitrogens with zero attached hydrogens (tertiary/aromatic N) is 2. The number of hydrogen-bond donors (Lipinski definition) is 1. The Balaban J connectivity index is 1.50. The van der Waals surface area contributed by atoms with E-state index in [1.165, 1.54) is 0 Å². The van der Waals surface area contributed by atoms with Crippen LogP contribution < -0.4 is 0 Å². The molecule has 1 saturated heterocycles. The van der Waals surface area contributed by atoms with Crippen molar-refractivity contribution in [2.45, 2.75) is 62.3 Å². The third kappa shape index (κ3) is 3.88. The van der Waals surface area contributed by atoms with Crippen molar-refractivity contribution in [1.82, 2.24) is 9.80 Å². The van der Waals surface area contributed by atoms with Gasteiger partial charge < -0.3 is 10.0 Å². The summed E-state index contributed by atoms with van der Waals surface area (Å²) in [6.45, 7) is 2.61. The Hall–Kier alpha value is -0.660. The minimum Gasteiger partial charge on any atom is -0.391 e. The van der Waals surface area contributed by atoms with E-state index in [2.05, 4.69) is 4.90 Å². The third-order valence-corrected chi connectivity index (χ3v) is 7.85. The summed E-state index contributed by atoms with van der Waals surface area (Å²) in [5.74, 6) is -0.576. The van der Waals surface area contributed by atoms with Crippen LogP contribution in [-0.4, -0.2) is 78.6 Å². The molecule has 0 aromatic heterocycles. The maximum Gasteiger partial charge on any atom is 0.237 e. The van der Waals surface area contributed by atoms with E-state index in [1.807, 2.05) is 0 Å². The summed E-state index contributed by atoms with van der Waals surface area (Å²) in [6.07, 6.45) is 6.03. The highest BCUT2D eigenvalue weighted by Gasteiger charge is 2.35. The van der Waals surface area contributed by atoms with E-state index in [-0.39, 0.29) is 29.1 Å². The van der Waals surface area contributed by atoms with Crippen LogP contribution in [0.25, 0.3) is 0 Å². The molecule has 1 heterocycles. The van der Waals surface area contributed by atoms with Gasteiger partial charge in [0.25, 0.3) is 0 Å². The van der Waals surface area contributed by atoms with Crippen molar-refractivity contribution in [3.05, 3.63) is 0 Å². The average Bonchev–Trinajstić information content (AvgIpc) is 3.18. The predicted molar refractivity (Wildman–Crippen MR) is 87.8 cm³/mol. The molecule has 2 unspecified atom stereocenters. The quantitative estimate of drug-likeness (QED) is 0.799. The van der Waals surface area contributed by atoms with Crippen LogP contribution in [0.5, 0.6) is 0 Å². The summed E-state index contributed by atoms with van der Waals surface area (Å²) in [5.41, 5.74) is 0. The highest BCUT2D eigenvalue weighted by molar-refractivity contribution is 7.92. The zero-order valence-corrected chi connectivity index (χ0v) is 14.5. The maximum atomic E-state index is 12.3. The molecule has 3 fully saturated rings. The third-order valence-electron chi connectivity index (χ3n) is 5.71. The van der Waals surface area contributed by atoms with E-state index in [0.29, 0.717) is 25.9 Å². The first-order valence-electron chi connectivity index (χ1n) is 8.89. The Morgan fingerprint density at radius 2 is 1.61 bits per heavy atom. The summed E-state index contributed by atoms with van der Waals surface area (Å²) < 4.78 is 24.6. The molecule has 1 amide bonds. The Morgan fingerprint density at radius 3 is 2.17 bits per heavy atom. The van der Waals surface area contributed by atoms with Crippen molar-refractivity contribution >= 4 is 15.7 Å². The molecule has 2 aliphatic carbocycles. The van der Waals surface area contributed by atoms with Gasteiger partial charge in [-0.1, -0.05) is 12.8 Å². The van der Waals surface area contributed by atoms with Gasteiger partial charge in [0.1, 0.15) is 5.75 Å². The topological polar surface area (TPSA) is 77.9 Å². The molecule has 1 aliphatic heterocycles. The lowest BCUT2D eigenvalue weighted by atomic mass is 10.1. The van der Waals surface area contributed by atoms with Gasteiger partial charge in [-0.25, -0.2) is 8.42 Å². The Bertz CT molecular complexity index is 522. The second kappa shape index (κ2) is 7.07. The summed E-state index contributed by atoms with van der Waals surface area (Å²) in [6, 6.07) is 0.217. The molecule has 2 saturated carbocycles. The van der Waals surface area contributed by atoms with Crippen LogP contribution in [0, 0.1) is 0 Å². The first kappa shape index (κ1) is 17.2. The number of sulfone groups is 1. The van der Waals surface area contributed by atoms with Crippen LogP contribution in [0.4, 0.5) is 0 Å². The van der Waals surface area contributed by atoms with Gasteiger partial charge in [-0.2, -0.15) is 0 Å². The Morgan fingerprint density at radius 1 is 0.957 bits per heavy atom. The molecule has 3 aliphatic rings. The SMILES string of the molecule is O=C(CS(=O)(=O)C1CCCC1)N1CCN(C2CCCC2O)CC1. The first-order chi connectivity index (χ1) is 11.0. The van der Waals surface area contributed by atoms with Gasteiger partial charge in [0.2, 0.25) is 5.91 Å². The van der Waals surface area contributed by atoms with Gasteiger partial charge in [-0.15, -0.1) is 0 Å². The number of amides is 1. The predicted octanol–water partition coefficient (Wildman–Crippen LogP) is 0.401. The van der Waals surface area contributed by atoms with Gasteiger partial charge in [-0.05, 0) is 32.1 Å². The van der Waals surface area contributed by atoms with E-state index in [0.717, 1.165) is 45.2 Å². The molecule has 0 spiro atoms. The molecule has 0 aromatic carbocycles. The van der Waals surface area contributed by atoms with E-state index >= 15 is 0 Å². The van der Waals surface area contributed by atoms with Gasteiger partial charge >= 0.3 is 0 Å². The molecule has 23 heavy (non-hydrogen) atoms. The standard InChI is InChI=1S/C16H28N2O4S/c19-15-7-3-6-14(15)17-8-10-18(11-9-17)16(20)12-23(21,22)13-4-1-2-5-13/h13-15,19H,1-12H2. The van der Waals surface area contributed by atoms with E-state index < -0.39 is 9.84 Å². The van der Waals surface area contributed by atoms with Crippen LogP contribution in [-0.2, 0) is 14.6 Å². The maximum absolute atomic E-state index is 12.3. The van der Waals surface area contributed by atoms with Crippen molar-refractivity contribution in [2.75, 3.05) is 31.9 Å². The molecule has 0 bridgehead atoms. The minimum absolute atomic E-state index is 0.217. The minimum atomic E-state index is -3.29. The number of piperazine rings is 1. The highest BCUT2D eigenvalue weighted by atomic mass is 32.2. The molecule has 0 aromatic rings. The fraction of sp³-hybridized carbons (Fsp3) is 0.938. The number of aliphatic hydroxyl groups excluding tert-OH is 1. The number of hydrogen-bond acceptors (Lipinski definition) is 5. The number of aliphatic hydroxyl groups is 1. The summed E-state index contributed by atoms with van der Waals surface area (Å²) >= 11 is 0. The van der Waals surface area contributed by atoms with Gasteiger partial charge in [0.15, 0.2) is 9.84 Å². The molecular formula is C16H28N2O4S. The largest absolute Gasteiger partial charge is 0.391 e. The van der Waals surface area contributed by atoms with Crippen molar-refractivity contribution in [3.8, 4) is 0 Å². The molecule has 6 nitrogen and oxygen atoms in total. The molecule has 3 rings (SSSR count). The van der Waals surface area contributed by atoms with E-state index in [9.17, 15) is 18.3 Å². The second-order valence-electron chi connectivity index (χ2n) is 7.20. The van der Waals surface area contributed by atoms with Crippen LogP contribution in [0.2, 0.25) is 0 Å². The van der Waals surface area contributed by atoms with Gasteiger partial charge in [-0.3, -0.25) is 9.69 Å². The molecule has 2 atom stereocenters. The molecule has 7 heteroatoms. The van der Waals surface area contributed by atoms with Gasteiger partial charge in [0.05, 0.1) is 11.4 Å². The number of carbonyl (C=O) groups excluding carboxylic acids is 1. The zero-order chi connectivity index (χ0) is 16.4. The Kier molecular flexibility index (Phi) is 5.28. The molecule has 132 valence electrons. The van der Waals surface area contributed by atoms with Crippen LogP contribution in [0.1, 0.15) is 44.9 Å². The van der Waals surface area contributed by atoms with Gasteiger partial charge in [0, 0.05) is 32.2 Å². The fourth-order valence-corrected chi connectivity index (χ4v) is 6.09. The zero-order valence-electron chi connectivity index (χ0n) is 13.7. The average molecular weight is 344 g/mol. The molecule has 0 radical (unpaired) electrons. The number of carbonyl (C=O) groups is 1. The second-order valence-corrected chi connectivity index (χ2v) is 9.48. The monoisotopic (exact) mass is 344 g/mol. The van der Waals surface area contributed by atoms with E-state index in [1.54, 1.807) is 4.90 Å². The van der Waals surface area contributed by atoms with E-state index in [4.69, 9.17) is 0 Å². The molecule has 1 N–H and O–H groups in total.